The van der Waals surface area contributed by atoms with Crippen LogP contribution in [0.3, 0.4) is 0 Å². The molecule has 1 fully saturated rings. The number of sulfonamides is 1. The maximum atomic E-state index is 12.2. The van der Waals surface area contributed by atoms with Crippen molar-refractivity contribution in [3.8, 4) is 0 Å². The van der Waals surface area contributed by atoms with Crippen molar-refractivity contribution in [3.63, 3.8) is 0 Å². The first-order valence-corrected chi connectivity index (χ1v) is 9.45. The number of hydrogen-bond acceptors (Lipinski definition) is 3. The highest BCUT2D eigenvalue weighted by molar-refractivity contribution is 7.88. The van der Waals surface area contributed by atoms with Gasteiger partial charge in [-0.2, -0.15) is 4.31 Å². The Morgan fingerprint density at radius 2 is 1.75 bits per heavy atom. The predicted molar refractivity (Wildman–Crippen MR) is 81.0 cm³/mol. The molecule has 1 amide bonds. The van der Waals surface area contributed by atoms with E-state index in [-0.39, 0.29) is 18.4 Å². The zero-order valence-electron chi connectivity index (χ0n) is 13.0. The lowest BCUT2D eigenvalue weighted by Gasteiger charge is -2.27. The van der Waals surface area contributed by atoms with Crippen molar-refractivity contribution in [2.75, 3.05) is 25.9 Å². The fourth-order valence-electron chi connectivity index (χ4n) is 2.60. The van der Waals surface area contributed by atoms with Crippen molar-refractivity contribution in [2.24, 2.45) is 0 Å². The highest BCUT2D eigenvalue weighted by atomic mass is 32.2. The van der Waals surface area contributed by atoms with Crippen LogP contribution in [0.25, 0.3) is 0 Å². The van der Waals surface area contributed by atoms with Crippen LogP contribution in [0.2, 0.25) is 0 Å². The van der Waals surface area contributed by atoms with E-state index in [9.17, 15) is 13.2 Å². The zero-order valence-corrected chi connectivity index (χ0v) is 13.8. The molecule has 0 radical (unpaired) electrons. The molecule has 0 saturated carbocycles. The Morgan fingerprint density at radius 3 is 2.20 bits per heavy atom. The molecule has 1 rings (SSSR count). The Hall–Kier alpha value is -0.620. The van der Waals surface area contributed by atoms with Gasteiger partial charge in [0.1, 0.15) is 0 Å². The van der Waals surface area contributed by atoms with Crippen LogP contribution in [0.5, 0.6) is 0 Å². The van der Waals surface area contributed by atoms with Gasteiger partial charge in [0.15, 0.2) is 0 Å². The van der Waals surface area contributed by atoms with Gasteiger partial charge < -0.3 is 4.90 Å². The molecule has 5 nitrogen and oxygen atoms in total. The van der Waals surface area contributed by atoms with Crippen LogP contribution in [-0.2, 0) is 14.8 Å². The molecular weight excluding hydrogens is 276 g/mol. The van der Waals surface area contributed by atoms with Gasteiger partial charge in [-0.3, -0.25) is 4.79 Å². The zero-order chi connectivity index (χ0) is 15.2. The highest BCUT2D eigenvalue weighted by Crippen LogP contribution is 2.13. The van der Waals surface area contributed by atoms with Gasteiger partial charge in [-0.05, 0) is 26.2 Å². The summed E-state index contributed by atoms with van der Waals surface area (Å²) in [5, 5.41) is 0. The molecule has 6 heteroatoms. The molecule has 20 heavy (non-hydrogen) atoms. The molecule has 1 heterocycles. The van der Waals surface area contributed by atoms with Gasteiger partial charge in [-0.25, -0.2) is 8.42 Å². The van der Waals surface area contributed by atoms with Crippen LogP contribution in [0.15, 0.2) is 0 Å². The van der Waals surface area contributed by atoms with E-state index in [2.05, 4.69) is 0 Å². The van der Waals surface area contributed by atoms with E-state index in [4.69, 9.17) is 0 Å². The quantitative estimate of drug-likeness (QED) is 0.752. The van der Waals surface area contributed by atoms with Crippen LogP contribution in [-0.4, -0.2) is 55.5 Å². The van der Waals surface area contributed by atoms with E-state index < -0.39 is 10.0 Å². The first-order chi connectivity index (χ1) is 9.36. The molecule has 0 aromatic rings. The van der Waals surface area contributed by atoms with Crippen LogP contribution in [0, 0.1) is 0 Å². The van der Waals surface area contributed by atoms with Gasteiger partial charge >= 0.3 is 0 Å². The molecule has 0 bridgehead atoms. The average molecular weight is 304 g/mol. The Morgan fingerprint density at radius 1 is 1.20 bits per heavy atom. The van der Waals surface area contributed by atoms with E-state index in [0.717, 1.165) is 32.4 Å². The van der Waals surface area contributed by atoms with Crippen LogP contribution in [0.4, 0.5) is 0 Å². The number of rotatable bonds is 6. The number of carbonyl (C=O) groups excluding carboxylic acids is 1. The largest absolute Gasteiger partial charge is 0.343 e. The molecule has 0 spiro atoms. The maximum Gasteiger partial charge on any atom is 0.223 e. The lowest BCUT2D eigenvalue weighted by molar-refractivity contribution is -0.131. The summed E-state index contributed by atoms with van der Waals surface area (Å²) in [5.74, 6) is 0.0869. The number of carbonyl (C=O) groups is 1. The predicted octanol–water partition coefficient (Wildman–Crippen LogP) is 1.84. The molecule has 0 N–H and O–H groups in total. The van der Waals surface area contributed by atoms with Crippen LogP contribution >= 0.6 is 0 Å². The Bertz CT molecular complexity index is 401. The van der Waals surface area contributed by atoms with Gasteiger partial charge in [0.05, 0.1) is 6.26 Å². The summed E-state index contributed by atoms with van der Waals surface area (Å²) in [6, 6.07) is -0.0538. The highest BCUT2D eigenvalue weighted by Gasteiger charge is 2.24. The van der Waals surface area contributed by atoms with Gasteiger partial charge in [-0.15, -0.1) is 0 Å². The number of hydrogen-bond donors (Lipinski definition) is 0. The first kappa shape index (κ1) is 17.4. The van der Waals surface area contributed by atoms with Crippen LogP contribution in [0.1, 0.15) is 52.4 Å². The summed E-state index contributed by atoms with van der Waals surface area (Å²) in [5.41, 5.74) is 0. The first-order valence-electron chi connectivity index (χ1n) is 7.61. The second-order valence-electron chi connectivity index (χ2n) is 5.68. The summed E-state index contributed by atoms with van der Waals surface area (Å²) in [4.78, 5) is 14.1. The maximum absolute atomic E-state index is 12.2. The third kappa shape index (κ3) is 5.40. The molecule has 0 aromatic heterocycles. The topological polar surface area (TPSA) is 57.7 Å². The molecule has 1 aliphatic rings. The van der Waals surface area contributed by atoms with E-state index >= 15 is 0 Å². The third-order valence-electron chi connectivity index (χ3n) is 4.01. The summed E-state index contributed by atoms with van der Waals surface area (Å²) in [7, 11) is -3.25. The molecule has 118 valence electrons. The standard InChI is InChI=1S/C14H28N2O3S/c1-4-13(2)16(20(3,18)19)12-9-14(17)15-10-7-5-6-8-11-15/h13H,4-12H2,1-3H3. The van der Waals surface area contributed by atoms with Crippen molar-refractivity contribution in [2.45, 2.75) is 58.4 Å². The van der Waals surface area contributed by atoms with E-state index in [1.54, 1.807) is 0 Å². The van der Waals surface area contributed by atoms with Crippen molar-refractivity contribution >= 4 is 15.9 Å². The molecule has 0 aliphatic carbocycles. The SMILES string of the molecule is CCC(C)N(CCC(=O)N1CCCCCC1)S(C)(=O)=O. The Kier molecular flexibility index (Phi) is 6.95. The Balaban J connectivity index is 2.56. The van der Waals surface area contributed by atoms with Gasteiger partial charge in [0, 0.05) is 32.1 Å². The summed E-state index contributed by atoms with van der Waals surface area (Å²) in [6.07, 6.45) is 6.76. The van der Waals surface area contributed by atoms with Crippen molar-refractivity contribution in [3.05, 3.63) is 0 Å². The van der Waals surface area contributed by atoms with Crippen molar-refractivity contribution in [1.82, 2.24) is 9.21 Å². The number of amides is 1. The Labute approximate surface area is 123 Å². The fourth-order valence-corrected chi connectivity index (χ4v) is 3.83. The van der Waals surface area contributed by atoms with E-state index in [1.807, 2.05) is 18.7 Å². The van der Waals surface area contributed by atoms with Crippen molar-refractivity contribution in [1.29, 1.82) is 0 Å². The van der Waals surface area contributed by atoms with Crippen LogP contribution < -0.4 is 0 Å². The monoisotopic (exact) mass is 304 g/mol. The minimum absolute atomic E-state index is 0.0538. The molecule has 1 atom stereocenters. The normalized spacial score (nSPS) is 18.9. The summed E-state index contributed by atoms with van der Waals surface area (Å²) >= 11 is 0. The molecule has 1 saturated heterocycles. The second-order valence-corrected chi connectivity index (χ2v) is 7.61. The molecular formula is C14H28N2O3S. The smallest absolute Gasteiger partial charge is 0.223 e. The molecule has 0 aromatic carbocycles. The summed E-state index contributed by atoms with van der Waals surface area (Å²) < 4.78 is 25.0. The lowest BCUT2D eigenvalue weighted by atomic mass is 10.2. The fraction of sp³-hybridized carbons (Fsp3) is 0.929. The van der Waals surface area contributed by atoms with Gasteiger partial charge in [0.25, 0.3) is 0 Å². The van der Waals surface area contributed by atoms with Gasteiger partial charge in [0.2, 0.25) is 15.9 Å². The van der Waals surface area contributed by atoms with E-state index in [0.29, 0.717) is 6.54 Å². The second kappa shape index (κ2) is 7.98. The lowest BCUT2D eigenvalue weighted by Crippen LogP contribution is -2.41. The minimum Gasteiger partial charge on any atom is -0.343 e. The summed E-state index contributed by atoms with van der Waals surface area (Å²) in [6.45, 7) is 5.78. The molecule has 1 aliphatic heterocycles. The molecule has 1 unspecified atom stereocenters. The number of nitrogens with zero attached hydrogens (tertiary/aromatic N) is 2. The number of likely N-dealkylation sites (tertiary alicyclic amines) is 1. The van der Waals surface area contributed by atoms with Gasteiger partial charge in [-0.1, -0.05) is 19.8 Å². The van der Waals surface area contributed by atoms with Crippen molar-refractivity contribution < 1.29 is 13.2 Å². The minimum atomic E-state index is -3.25. The average Bonchev–Trinajstić information content (AvgIpc) is 2.65. The third-order valence-corrected chi connectivity index (χ3v) is 5.41. The van der Waals surface area contributed by atoms with E-state index in [1.165, 1.54) is 23.4 Å².